The summed E-state index contributed by atoms with van der Waals surface area (Å²) < 4.78 is 15.9. The third kappa shape index (κ3) is 3.37. The number of hydrogen-bond donors (Lipinski definition) is 0. The second-order valence-corrected chi connectivity index (χ2v) is 5.90. The van der Waals surface area contributed by atoms with E-state index < -0.39 is 10.5 Å². The van der Waals surface area contributed by atoms with Crippen molar-refractivity contribution in [3.05, 3.63) is 73.6 Å². The van der Waals surface area contributed by atoms with Crippen LogP contribution in [0.3, 0.4) is 0 Å². The molecule has 0 N–H and O–H groups in total. The summed E-state index contributed by atoms with van der Waals surface area (Å²) in [6.07, 6.45) is 0. The molecule has 0 aliphatic rings. The maximum atomic E-state index is 11.8. The van der Waals surface area contributed by atoms with Crippen LogP contribution in [0.4, 0.5) is 5.69 Å². The van der Waals surface area contributed by atoms with E-state index in [0.29, 0.717) is 16.9 Å². The first kappa shape index (κ1) is 17.5. The number of ether oxygens (including phenoxy) is 2. The molecule has 0 aliphatic carbocycles. The molecule has 0 spiro atoms. The number of aryl methyl sites for hydroxylation is 2. The number of rotatable bonds is 5. The molecule has 0 saturated carbocycles. The topological polar surface area (TPSA) is 91.8 Å². The minimum absolute atomic E-state index is 0.00221. The van der Waals surface area contributed by atoms with Crippen molar-refractivity contribution < 1.29 is 18.8 Å². The molecule has 0 radical (unpaired) electrons. The van der Waals surface area contributed by atoms with Gasteiger partial charge in [-0.25, -0.2) is 4.79 Å². The smallest absolute Gasteiger partial charge is 0.336 e. The van der Waals surface area contributed by atoms with Crippen LogP contribution in [-0.2, 0) is 6.61 Å². The van der Waals surface area contributed by atoms with Crippen molar-refractivity contribution in [3.8, 4) is 11.5 Å². The molecule has 0 saturated heterocycles. The number of methoxy groups -OCH3 is 1. The summed E-state index contributed by atoms with van der Waals surface area (Å²) in [5.74, 6) is 0.460. The molecule has 7 heteroatoms. The number of fused-ring (bicyclic) bond motifs is 1. The maximum absolute atomic E-state index is 11.8. The molecular weight excluding hydrogens is 338 g/mol. The van der Waals surface area contributed by atoms with Gasteiger partial charge in [0.25, 0.3) is 0 Å². The van der Waals surface area contributed by atoms with Crippen LogP contribution in [0.15, 0.2) is 45.6 Å². The lowest BCUT2D eigenvalue weighted by Gasteiger charge is -2.11. The SMILES string of the molecule is COc1ccc(OCc2cc(=O)oc3cc(C)c(C)cc23)c([N+](=O)[O-])c1. The van der Waals surface area contributed by atoms with Crippen molar-refractivity contribution in [1.82, 2.24) is 0 Å². The molecule has 0 atom stereocenters. The molecule has 1 heterocycles. The van der Waals surface area contributed by atoms with E-state index in [1.54, 1.807) is 12.1 Å². The average Bonchev–Trinajstić information content (AvgIpc) is 2.61. The lowest BCUT2D eigenvalue weighted by Crippen LogP contribution is -2.05. The highest BCUT2D eigenvalue weighted by atomic mass is 16.6. The highest BCUT2D eigenvalue weighted by Gasteiger charge is 2.17. The summed E-state index contributed by atoms with van der Waals surface area (Å²) in [5, 5.41) is 12.0. The zero-order chi connectivity index (χ0) is 18.8. The molecule has 134 valence electrons. The molecule has 7 nitrogen and oxygen atoms in total. The number of hydrogen-bond acceptors (Lipinski definition) is 6. The Morgan fingerprint density at radius 1 is 1.12 bits per heavy atom. The van der Waals surface area contributed by atoms with Crippen LogP contribution >= 0.6 is 0 Å². The Morgan fingerprint density at radius 2 is 1.85 bits per heavy atom. The Kier molecular flexibility index (Phi) is 4.62. The van der Waals surface area contributed by atoms with Gasteiger partial charge in [-0.05, 0) is 49.2 Å². The van der Waals surface area contributed by atoms with Crippen molar-refractivity contribution >= 4 is 16.7 Å². The third-order valence-corrected chi connectivity index (χ3v) is 4.19. The fraction of sp³-hybridized carbons (Fsp3) is 0.211. The largest absolute Gasteiger partial charge is 0.496 e. The predicted molar refractivity (Wildman–Crippen MR) is 95.9 cm³/mol. The first-order valence-electron chi connectivity index (χ1n) is 7.88. The molecule has 1 aromatic heterocycles. The predicted octanol–water partition coefficient (Wildman–Crippen LogP) is 3.91. The summed E-state index contributed by atoms with van der Waals surface area (Å²) in [7, 11) is 1.43. The molecule has 0 aliphatic heterocycles. The van der Waals surface area contributed by atoms with Gasteiger partial charge >= 0.3 is 11.3 Å². The second kappa shape index (κ2) is 6.87. The fourth-order valence-electron chi connectivity index (χ4n) is 2.65. The van der Waals surface area contributed by atoms with Gasteiger partial charge in [0.05, 0.1) is 18.1 Å². The lowest BCUT2D eigenvalue weighted by molar-refractivity contribution is -0.386. The molecule has 3 rings (SSSR count). The highest BCUT2D eigenvalue weighted by Crippen LogP contribution is 2.32. The van der Waals surface area contributed by atoms with Gasteiger partial charge in [-0.1, -0.05) is 0 Å². The van der Waals surface area contributed by atoms with Crippen molar-refractivity contribution in [1.29, 1.82) is 0 Å². The van der Waals surface area contributed by atoms with E-state index in [1.165, 1.54) is 25.3 Å². The standard InChI is InChI=1S/C19H17NO6/c1-11-6-15-13(8-19(21)26-18(15)7-12(11)2)10-25-17-5-4-14(24-3)9-16(17)20(22)23/h4-9H,10H2,1-3H3. The van der Waals surface area contributed by atoms with Gasteiger partial charge in [0, 0.05) is 17.0 Å². The van der Waals surface area contributed by atoms with E-state index in [4.69, 9.17) is 13.9 Å². The number of benzene rings is 2. The zero-order valence-electron chi connectivity index (χ0n) is 14.6. The van der Waals surface area contributed by atoms with Crippen molar-refractivity contribution in [3.63, 3.8) is 0 Å². The van der Waals surface area contributed by atoms with Gasteiger partial charge in [-0.3, -0.25) is 10.1 Å². The summed E-state index contributed by atoms with van der Waals surface area (Å²) in [6.45, 7) is 3.88. The Hall–Kier alpha value is -3.35. The Morgan fingerprint density at radius 3 is 2.54 bits per heavy atom. The zero-order valence-corrected chi connectivity index (χ0v) is 14.6. The van der Waals surface area contributed by atoms with Crippen LogP contribution in [0, 0.1) is 24.0 Å². The Bertz CT molecular complexity index is 1050. The summed E-state index contributed by atoms with van der Waals surface area (Å²) in [4.78, 5) is 22.5. The normalized spacial score (nSPS) is 10.7. The van der Waals surface area contributed by atoms with Gasteiger partial charge in [0.15, 0.2) is 5.75 Å². The molecule has 2 aromatic carbocycles. The molecule has 0 amide bonds. The van der Waals surface area contributed by atoms with Crippen LogP contribution in [0.2, 0.25) is 0 Å². The maximum Gasteiger partial charge on any atom is 0.336 e. The number of nitro benzene ring substituents is 1. The molecule has 0 fully saturated rings. The lowest BCUT2D eigenvalue weighted by atomic mass is 10.0. The van der Waals surface area contributed by atoms with Crippen LogP contribution in [0.5, 0.6) is 11.5 Å². The third-order valence-electron chi connectivity index (χ3n) is 4.19. The van der Waals surface area contributed by atoms with Gasteiger partial charge in [0.1, 0.15) is 17.9 Å². The van der Waals surface area contributed by atoms with Crippen molar-refractivity contribution in [2.24, 2.45) is 0 Å². The summed E-state index contributed by atoms with van der Waals surface area (Å²) in [6, 6.07) is 9.39. The second-order valence-electron chi connectivity index (χ2n) is 5.90. The summed E-state index contributed by atoms with van der Waals surface area (Å²) in [5.41, 5.74) is 2.41. The Balaban J connectivity index is 1.99. The summed E-state index contributed by atoms with van der Waals surface area (Å²) >= 11 is 0. The fourth-order valence-corrected chi connectivity index (χ4v) is 2.65. The van der Waals surface area contributed by atoms with E-state index in [0.717, 1.165) is 16.5 Å². The first-order chi connectivity index (χ1) is 12.4. The van der Waals surface area contributed by atoms with Gasteiger partial charge < -0.3 is 13.9 Å². The number of nitrogens with zero attached hydrogens (tertiary/aromatic N) is 1. The highest BCUT2D eigenvalue weighted by molar-refractivity contribution is 5.81. The van der Waals surface area contributed by atoms with Crippen LogP contribution in [0.1, 0.15) is 16.7 Å². The van der Waals surface area contributed by atoms with E-state index in [9.17, 15) is 14.9 Å². The van der Waals surface area contributed by atoms with E-state index in [-0.39, 0.29) is 18.0 Å². The first-order valence-corrected chi connectivity index (χ1v) is 7.88. The minimum Gasteiger partial charge on any atom is -0.496 e. The van der Waals surface area contributed by atoms with Crippen LogP contribution in [-0.4, -0.2) is 12.0 Å². The Labute approximate surface area is 148 Å². The van der Waals surface area contributed by atoms with E-state index in [1.807, 2.05) is 19.9 Å². The quantitative estimate of drug-likeness (QED) is 0.391. The van der Waals surface area contributed by atoms with Crippen LogP contribution in [0.25, 0.3) is 11.0 Å². The minimum atomic E-state index is -0.539. The molecule has 3 aromatic rings. The molecule has 26 heavy (non-hydrogen) atoms. The van der Waals surface area contributed by atoms with E-state index >= 15 is 0 Å². The van der Waals surface area contributed by atoms with Crippen molar-refractivity contribution in [2.75, 3.05) is 7.11 Å². The molecule has 0 unspecified atom stereocenters. The van der Waals surface area contributed by atoms with Gasteiger partial charge in [-0.2, -0.15) is 0 Å². The monoisotopic (exact) mass is 355 g/mol. The van der Waals surface area contributed by atoms with Gasteiger partial charge in [0.2, 0.25) is 0 Å². The molecule has 0 bridgehead atoms. The molecular formula is C19H17NO6. The number of nitro groups is 1. The van der Waals surface area contributed by atoms with E-state index in [2.05, 4.69) is 0 Å². The van der Waals surface area contributed by atoms with Crippen LogP contribution < -0.4 is 15.1 Å². The van der Waals surface area contributed by atoms with Gasteiger partial charge in [-0.15, -0.1) is 0 Å². The van der Waals surface area contributed by atoms with Crippen molar-refractivity contribution in [2.45, 2.75) is 20.5 Å². The average molecular weight is 355 g/mol.